The van der Waals surface area contributed by atoms with E-state index in [0.717, 1.165) is 55.7 Å². The summed E-state index contributed by atoms with van der Waals surface area (Å²) in [5.41, 5.74) is 1.51. The molecule has 1 saturated carbocycles. The van der Waals surface area contributed by atoms with Gasteiger partial charge in [-0.05, 0) is 76.5 Å². The molecule has 182 valence electrons. The van der Waals surface area contributed by atoms with Crippen LogP contribution in [0.5, 0.6) is 0 Å². The van der Waals surface area contributed by atoms with Crippen molar-refractivity contribution >= 4 is 23.0 Å². The number of carboxylic acids is 1. The third-order valence-corrected chi connectivity index (χ3v) is 7.49. The van der Waals surface area contributed by atoms with Crippen molar-refractivity contribution < 1.29 is 19.4 Å². The van der Waals surface area contributed by atoms with E-state index < -0.39 is 5.97 Å². The van der Waals surface area contributed by atoms with Crippen LogP contribution in [0.25, 0.3) is 0 Å². The van der Waals surface area contributed by atoms with Gasteiger partial charge in [0.1, 0.15) is 4.88 Å². The molecule has 2 aromatic heterocycles. The number of ether oxygens (including phenoxy) is 2. The van der Waals surface area contributed by atoms with Gasteiger partial charge in [-0.25, -0.2) is 4.79 Å². The number of thiophene rings is 1. The minimum atomic E-state index is -0.909. The maximum absolute atomic E-state index is 11.9. The number of carboxylic acid groups (broad SMARTS) is 1. The molecule has 4 rings (SSSR count). The molecule has 6 nitrogen and oxygen atoms in total. The first-order chi connectivity index (χ1) is 16.4. The summed E-state index contributed by atoms with van der Waals surface area (Å²) < 4.78 is 11.3. The second kappa shape index (κ2) is 11.4. The molecule has 0 spiro atoms. The van der Waals surface area contributed by atoms with Gasteiger partial charge in [0.25, 0.3) is 0 Å². The molecule has 2 N–H and O–H groups in total. The van der Waals surface area contributed by atoms with Gasteiger partial charge in [-0.2, -0.15) is 0 Å². The molecule has 1 atom stereocenters. The van der Waals surface area contributed by atoms with E-state index in [9.17, 15) is 9.90 Å². The van der Waals surface area contributed by atoms with E-state index in [1.165, 1.54) is 11.3 Å². The predicted molar refractivity (Wildman–Crippen MR) is 134 cm³/mol. The van der Waals surface area contributed by atoms with E-state index in [4.69, 9.17) is 9.47 Å². The Balaban J connectivity index is 1.33. The van der Waals surface area contributed by atoms with Crippen LogP contribution in [-0.4, -0.2) is 48.0 Å². The highest BCUT2D eigenvalue weighted by Gasteiger charge is 2.25. The van der Waals surface area contributed by atoms with Gasteiger partial charge in [-0.3, -0.25) is 4.98 Å². The number of hydrogen-bond acceptors (Lipinski definition) is 6. The lowest BCUT2D eigenvalue weighted by Crippen LogP contribution is -2.27. The van der Waals surface area contributed by atoms with E-state index in [1.54, 1.807) is 0 Å². The van der Waals surface area contributed by atoms with Crippen molar-refractivity contribution in [3.8, 4) is 11.8 Å². The Bertz CT molecular complexity index is 1010. The largest absolute Gasteiger partial charge is 0.477 e. The Labute approximate surface area is 206 Å². The highest BCUT2D eigenvalue weighted by Crippen LogP contribution is 2.33. The molecule has 34 heavy (non-hydrogen) atoms. The Morgan fingerprint density at radius 1 is 1.29 bits per heavy atom. The van der Waals surface area contributed by atoms with Crippen LogP contribution in [0.15, 0.2) is 30.5 Å². The molecule has 2 fully saturated rings. The number of aromatic carboxylic acids is 1. The predicted octanol–water partition coefficient (Wildman–Crippen LogP) is 5.24. The van der Waals surface area contributed by atoms with Crippen LogP contribution in [0.3, 0.4) is 0 Å². The number of nitrogens with zero attached hydrogens (tertiary/aromatic N) is 1. The average molecular weight is 483 g/mol. The summed E-state index contributed by atoms with van der Waals surface area (Å²) >= 11 is 1.24. The van der Waals surface area contributed by atoms with Crippen LogP contribution in [0.4, 0.5) is 5.69 Å². The van der Waals surface area contributed by atoms with Crippen molar-refractivity contribution in [1.82, 2.24) is 4.98 Å². The number of nitrogens with one attached hydrogen (secondary N) is 1. The summed E-state index contributed by atoms with van der Waals surface area (Å²) in [5, 5.41) is 13.2. The first-order valence-electron chi connectivity index (χ1n) is 12.1. The van der Waals surface area contributed by atoms with Crippen LogP contribution >= 0.6 is 11.3 Å². The third kappa shape index (κ3) is 7.05. The van der Waals surface area contributed by atoms with Crippen molar-refractivity contribution in [1.29, 1.82) is 0 Å². The fourth-order valence-corrected chi connectivity index (χ4v) is 5.32. The second-order valence-electron chi connectivity index (χ2n) is 9.98. The molecular formula is C27H34N2O4S. The van der Waals surface area contributed by atoms with Crippen LogP contribution < -0.4 is 5.32 Å². The minimum Gasteiger partial charge on any atom is -0.477 e. The smallest absolute Gasteiger partial charge is 0.348 e. The van der Waals surface area contributed by atoms with Crippen molar-refractivity contribution in [2.75, 3.05) is 25.1 Å². The molecule has 3 heterocycles. The molecule has 7 heteroatoms. The number of aromatic nitrogens is 1. The van der Waals surface area contributed by atoms with Crippen molar-refractivity contribution in [3.63, 3.8) is 0 Å². The van der Waals surface area contributed by atoms with Crippen LogP contribution in [-0.2, 0) is 15.9 Å². The summed E-state index contributed by atoms with van der Waals surface area (Å²) in [6.45, 7) is 6.02. The first-order valence-corrected chi connectivity index (χ1v) is 13.0. The number of carbonyl (C=O) groups is 1. The summed E-state index contributed by atoms with van der Waals surface area (Å²) in [6.07, 6.45) is 8.24. The molecule has 2 aliphatic rings. The first kappa shape index (κ1) is 24.7. The van der Waals surface area contributed by atoms with Crippen LogP contribution in [0, 0.1) is 23.2 Å². The Morgan fingerprint density at radius 3 is 2.79 bits per heavy atom. The van der Waals surface area contributed by atoms with Gasteiger partial charge in [-0.1, -0.05) is 17.9 Å². The Kier molecular flexibility index (Phi) is 8.25. The Hall–Kier alpha value is -2.40. The van der Waals surface area contributed by atoms with Gasteiger partial charge in [0.05, 0.1) is 29.9 Å². The highest BCUT2D eigenvalue weighted by atomic mass is 32.1. The molecule has 2 aromatic rings. The Morgan fingerprint density at radius 2 is 2.12 bits per heavy atom. The molecule has 1 unspecified atom stereocenters. The number of hydrogen-bond donors (Lipinski definition) is 2. The zero-order chi connectivity index (χ0) is 24.0. The number of anilines is 1. The highest BCUT2D eigenvalue weighted by molar-refractivity contribution is 7.15. The van der Waals surface area contributed by atoms with E-state index in [-0.39, 0.29) is 17.6 Å². The van der Waals surface area contributed by atoms with Gasteiger partial charge in [0, 0.05) is 30.0 Å². The lowest BCUT2D eigenvalue weighted by atomic mass is 9.83. The summed E-state index contributed by atoms with van der Waals surface area (Å²) in [7, 11) is 0. The third-order valence-electron chi connectivity index (χ3n) is 6.45. The van der Waals surface area contributed by atoms with Gasteiger partial charge in [0.2, 0.25) is 0 Å². The monoisotopic (exact) mass is 482 g/mol. The lowest BCUT2D eigenvalue weighted by Gasteiger charge is -2.29. The van der Waals surface area contributed by atoms with Crippen LogP contribution in [0.1, 0.15) is 66.2 Å². The fourth-order valence-electron chi connectivity index (χ4n) is 4.50. The summed E-state index contributed by atoms with van der Waals surface area (Å²) in [4.78, 5) is 17.4. The van der Waals surface area contributed by atoms with E-state index in [2.05, 4.69) is 28.2 Å². The van der Waals surface area contributed by atoms with Crippen molar-refractivity contribution in [2.24, 2.45) is 11.3 Å². The molecule has 0 amide bonds. The molecule has 1 aliphatic heterocycles. The topological polar surface area (TPSA) is 80.7 Å². The van der Waals surface area contributed by atoms with Gasteiger partial charge >= 0.3 is 5.97 Å². The standard InChI is InChI=1S/C27H34N2O4S/c1-27(2,18-33-22-11-14-32-17-22)12-10-23-16-24(25(34-23)26(30)31)29-20-8-6-19(7-9-20)15-21-5-3-4-13-28-21/h3-5,13,16,19-20,22,29H,6-9,11,14-15,17-18H2,1-2H3,(H,30,31)/t19-,20-,22?. The van der Waals surface area contributed by atoms with Gasteiger partial charge in [-0.15, -0.1) is 11.3 Å². The molecule has 0 radical (unpaired) electrons. The van der Waals surface area contributed by atoms with E-state index in [1.807, 2.05) is 38.2 Å². The maximum atomic E-state index is 11.9. The summed E-state index contributed by atoms with van der Waals surface area (Å²) in [6, 6.07) is 8.26. The van der Waals surface area contributed by atoms with E-state index in [0.29, 0.717) is 29.7 Å². The second-order valence-corrected chi connectivity index (χ2v) is 11.0. The molecule has 1 aliphatic carbocycles. The molecular weight excluding hydrogens is 448 g/mol. The zero-order valence-electron chi connectivity index (χ0n) is 20.0. The molecule has 0 aromatic carbocycles. The van der Waals surface area contributed by atoms with Crippen LogP contribution in [0.2, 0.25) is 0 Å². The van der Waals surface area contributed by atoms with E-state index >= 15 is 0 Å². The minimum absolute atomic E-state index is 0.149. The van der Waals surface area contributed by atoms with Gasteiger partial charge in [0.15, 0.2) is 0 Å². The summed E-state index contributed by atoms with van der Waals surface area (Å²) in [5.74, 6) is 6.20. The normalized spacial score (nSPS) is 22.7. The molecule has 1 saturated heterocycles. The average Bonchev–Trinajstić information content (AvgIpc) is 3.49. The number of rotatable bonds is 8. The van der Waals surface area contributed by atoms with Crippen molar-refractivity contribution in [3.05, 3.63) is 45.9 Å². The fraction of sp³-hybridized carbons (Fsp3) is 0.556. The van der Waals surface area contributed by atoms with Gasteiger partial charge < -0.3 is 19.9 Å². The molecule has 0 bridgehead atoms. The number of pyridine rings is 1. The maximum Gasteiger partial charge on any atom is 0.348 e. The zero-order valence-corrected chi connectivity index (χ0v) is 20.8. The quantitative estimate of drug-likeness (QED) is 0.501. The van der Waals surface area contributed by atoms with Crippen molar-refractivity contribution in [2.45, 2.75) is 64.5 Å². The SMILES string of the molecule is CC(C)(C#Cc1cc(N[C@H]2CC[C@H](Cc3ccccn3)CC2)c(C(=O)O)s1)COC1CCOC1. The lowest BCUT2D eigenvalue weighted by molar-refractivity contribution is 0.0140.